The van der Waals surface area contributed by atoms with Gasteiger partial charge in [-0.15, -0.1) is 0 Å². The predicted octanol–water partition coefficient (Wildman–Crippen LogP) is -3.24. The molecule has 1 saturated heterocycles. The zero-order valence-electron chi connectivity index (χ0n) is 10.3. The average molecular weight is 378 g/mol. The van der Waals surface area contributed by atoms with E-state index in [4.69, 9.17) is 14.9 Å². The van der Waals surface area contributed by atoms with Crippen LogP contribution in [0.25, 0.3) is 0 Å². The van der Waals surface area contributed by atoms with E-state index in [1.165, 1.54) is 0 Å². The van der Waals surface area contributed by atoms with Crippen LogP contribution in [0.5, 0.6) is 0 Å². The van der Waals surface area contributed by atoms with E-state index in [0.717, 1.165) is 0 Å². The van der Waals surface area contributed by atoms with Gasteiger partial charge in [0.25, 0.3) is 0 Å². The van der Waals surface area contributed by atoms with Crippen molar-refractivity contribution < 1.29 is 60.0 Å². The van der Waals surface area contributed by atoms with Crippen LogP contribution in [0.4, 0.5) is 0 Å². The van der Waals surface area contributed by atoms with Gasteiger partial charge in [0.2, 0.25) is 5.91 Å². The first-order chi connectivity index (χ1) is 8.86. The molecule has 1 rings (SSSR count). The molecule has 0 aliphatic carbocycles. The number of carboxylic acids is 1. The molecule has 0 radical (unpaired) electrons. The molecule has 1 unspecified atom stereocenters. The smallest absolute Gasteiger partial charge is 0.481 e. The Kier molecular flexibility index (Phi) is 8.36. The van der Waals surface area contributed by atoms with Crippen molar-refractivity contribution in [3.63, 3.8) is 0 Å². The molecular weight excluding hydrogens is 361 g/mol. The Balaban J connectivity index is 0.00000361. The standard InChI is InChI=1S/C10H17NO8.Tc/c12-3-4-8(16)9(17)7(10(18)19-4)11-5(13)1-2-6(14)15;/h4,7-10,12,16-18H,1-3H2,(H,11,13)(H,14,15);/q;+7/t4-,7-,8+,9-,10?;/m0./s1/i;1+1. The van der Waals surface area contributed by atoms with Gasteiger partial charge in [-0.2, -0.15) is 0 Å². The van der Waals surface area contributed by atoms with Crippen LogP contribution in [-0.4, -0.2) is 74.7 Å². The summed E-state index contributed by atoms with van der Waals surface area (Å²) in [6.07, 6.45) is -6.49. The van der Waals surface area contributed by atoms with Crippen molar-refractivity contribution in [2.24, 2.45) is 0 Å². The molecular formula is C10H17NO8Tc+7. The Morgan fingerprint density at radius 1 is 1.10 bits per heavy atom. The largest absolute Gasteiger partial charge is 7.00 e. The van der Waals surface area contributed by atoms with E-state index in [1.807, 2.05) is 0 Å². The third-order valence-electron chi connectivity index (χ3n) is 2.79. The molecule has 0 saturated carbocycles. The molecule has 6 N–H and O–H groups in total. The van der Waals surface area contributed by atoms with Crippen molar-refractivity contribution in [1.82, 2.24) is 5.32 Å². The van der Waals surface area contributed by atoms with Gasteiger partial charge < -0.3 is 35.6 Å². The summed E-state index contributed by atoms with van der Waals surface area (Å²) in [7, 11) is 0. The molecule has 0 aromatic carbocycles. The number of carboxylic acid groups (broad SMARTS) is 1. The molecule has 1 aliphatic heterocycles. The number of amides is 1. The first kappa shape index (κ1) is 19.4. The maximum absolute atomic E-state index is 11.4. The van der Waals surface area contributed by atoms with Crippen molar-refractivity contribution in [3.05, 3.63) is 0 Å². The van der Waals surface area contributed by atoms with Crippen LogP contribution in [0.15, 0.2) is 0 Å². The van der Waals surface area contributed by atoms with Crippen molar-refractivity contribution in [1.29, 1.82) is 0 Å². The molecule has 1 amide bonds. The molecule has 0 aromatic heterocycles. The second-order valence-electron chi connectivity index (χ2n) is 4.22. The van der Waals surface area contributed by atoms with Gasteiger partial charge in [-0.05, 0) is 0 Å². The monoisotopic (exact) mass is 378 g/mol. The Morgan fingerprint density at radius 2 is 1.70 bits per heavy atom. The predicted molar refractivity (Wildman–Crippen MR) is 58.8 cm³/mol. The first-order valence-electron chi connectivity index (χ1n) is 5.68. The molecule has 5 atom stereocenters. The number of nitrogens with one attached hydrogen (secondary N) is 1. The third kappa shape index (κ3) is 5.06. The van der Waals surface area contributed by atoms with E-state index in [9.17, 15) is 24.9 Å². The maximum atomic E-state index is 11.4. The van der Waals surface area contributed by atoms with Gasteiger partial charge in [-0.25, -0.2) is 0 Å². The number of rotatable bonds is 5. The van der Waals surface area contributed by atoms with Crippen molar-refractivity contribution in [2.75, 3.05) is 6.61 Å². The number of carbonyl (C=O) groups excluding carboxylic acids is 1. The molecule has 9 nitrogen and oxygen atoms in total. The van der Waals surface area contributed by atoms with Gasteiger partial charge in [0.05, 0.1) is 13.0 Å². The number of ether oxygens (including phenoxy) is 1. The molecule has 0 bridgehead atoms. The molecule has 1 fully saturated rings. The molecule has 20 heavy (non-hydrogen) atoms. The van der Waals surface area contributed by atoms with Gasteiger partial charge in [0.15, 0.2) is 6.29 Å². The SMILES string of the molecule is O=C(O)CCC(=O)N[C@@H]1C(O)O[C@@H](CO)[C@@H](O)[C@H]1O.[99Tc+7]. The molecule has 1 heterocycles. The Morgan fingerprint density at radius 3 is 2.20 bits per heavy atom. The van der Waals surface area contributed by atoms with Crippen LogP contribution >= 0.6 is 0 Å². The molecule has 110 valence electrons. The zero-order valence-corrected chi connectivity index (χ0v) is 12.2. The quantitative estimate of drug-likeness (QED) is 0.292. The number of hydrogen-bond acceptors (Lipinski definition) is 7. The van der Waals surface area contributed by atoms with Gasteiger partial charge >= 0.3 is 26.1 Å². The minimum absolute atomic E-state index is 0. The Bertz CT molecular complexity index is 341. The van der Waals surface area contributed by atoms with Gasteiger partial charge in [0, 0.05) is 6.42 Å². The summed E-state index contributed by atoms with van der Waals surface area (Å²) < 4.78 is 4.82. The minimum atomic E-state index is -1.61. The first-order valence-corrected chi connectivity index (χ1v) is 5.68. The fourth-order valence-electron chi connectivity index (χ4n) is 1.73. The van der Waals surface area contributed by atoms with Crippen molar-refractivity contribution in [3.8, 4) is 0 Å². The van der Waals surface area contributed by atoms with Gasteiger partial charge in [0.1, 0.15) is 24.4 Å². The molecule has 10 heteroatoms. The Hall–Kier alpha value is -0.611. The molecule has 1 aliphatic rings. The summed E-state index contributed by atoms with van der Waals surface area (Å²) in [5.41, 5.74) is 0. The zero-order chi connectivity index (χ0) is 14.6. The van der Waals surface area contributed by atoms with E-state index < -0.39 is 55.5 Å². The normalized spacial score (nSPS) is 33.1. The summed E-state index contributed by atoms with van der Waals surface area (Å²) in [6, 6.07) is -1.29. The minimum Gasteiger partial charge on any atom is -0.481 e. The third-order valence-corrected chi connectivity index (χ3v) is 2.79. The molecule has 0 spiro atoms. The van der Waals surface area contributed by atoms with E-state index in [-0.39, 0.29) is 26.5 Å². The molecule has 0 aromatic rings. The van der Waals surface area contributed by atoms with E-state index >= 15 is 0 Å². The maximum Gasteiger partial charge on any atom is 7.00 e. The number of hydrogen-bond donors (Lipinski definition) is 6. The van der Waals surface area contributed by atoms with Crippen LogP contribution in [0.2, 0.25) is 0 Å². The van der Waals surface area contributed by atoms with Crippen LogP contribution in [0.1, 0.15) is 12.8 Å². The van der Waals surface area contributed by atoms with E-state index in [1.54, 1.807) is 0 Å². The van der Waals surface area contributed by atoms with Gasteiger partial charge in [-0.3, -0.25) is 9.59 Å². The second kappa shape index (κ2) is 8.63. The Labute approximate surface area is 127 Å². The topological polar surface area (TPSA) is 157 Å². The summed E-state index contributed by atoms with van der Waals surface area (Å²) in [4.78, 5) is 21.7. The van der Waals surface area contributed by atoms with E-state index in [0.29, 0.717) is 0 Å². The summed E-state index contributed by atoms with van der Waals surface area (Å²) in [5, 5.41) is 48.3. The summed E-state index contributed by atoms with van der Waals surface area (Å²) in [5.74, 6) is -1.86. The van der Waals surface area contributed by atoms with Crippen LogP contribution < -0.4 is 5.32 Å². The summed E-state index contributed by atoms with van der Waals surface area (Å²) >= 11 is 0. The van der Waals surface area contributed by atoms with E-state index in [2.05, 4.69) is 5.32 Å². The van der Waals surface area contributed by atoms with Crippen molar-refractivity contribution in [2.45, 2.75) is 43.5 Å². The number of aliphatic hydroxyl groups is 4. The van der Waals surface area contributed by atoms with Crippen LogP contribution in [-0.2, 0) is 34.4 Å². The van der Waals surface area contributed by atoms with Crippen LogP contribution in [0, 0.1) is 0 Å². The fraction of sp³-hybridized carbons (Fsp3) is 0.800. The van der Waals surface area contributed by atoms with Gasteiger partial charge in [-0.1, -0.05) is 0 Å². The number of aliphatic hydroxyl groups excluding tert-OH is 4. The second-order valence-corrected chi connectivity index (χ2v) is 4.22. The summed E-state index contributed by atoms with van der Waals surface area (Å²) in [6.45, 7) is -0.602. The number of carbonyl (C=O) groups is 2. The van der Waals surface area contributed by atoms with Crippen LogP contribution in [0.3, 0.4) is 0 Å². The van der Waals surface area contributed by atoms with Crippen molar-refractivity contribution >= 4 is 11.9 Å². The average Bonchev–Trinajstić information content (AvgIpc) is 2.36. The number of aliphatic carboxylic acids is 1. The fourth-order valence-corrected chi connectivity index (χ4v) is 1.73.